The molecule has 2 aromatic carbocycles. The summed E-state index contributed by atoms with van der Waals surface area (Å²) < 4.78 is 31.6. The van der Waals surface area contributed by atoms with Crippen molar-refractivity contribution in [2.45, 2.75) is 31.1 Å². The van der Waals surface area contributed by atoms with Crippen LogP contribution in [0, 0.1) is 15.9 Å². The lowest BCUT2D eigenvalue weighted by Crippen LogP contribution is -2.08. The Kier molecular flexibility index (Phi) is 8.11. The number of nitrogens with zero attached hydrogens (tertiary/aromatic N) is 1. The highest BCUT2D eigenvalue weighted by Gasteiger charge is 2.28. The molecular weight excluding hydrogens is 449 g/mol. The maximum Gasteiger partial charge on any atom is 0.310 e. The van der Waals surface area contributed by atoms with Crippen molar-refractivity contribution in [1.29, 1.82) is 0 Å². The van der Waals surface area contributed by atoms with Gasteiger partial charge in [0.25, 0.3) is 5.09 Å². The van der Waals surface area contributed by atoms with Gasteiger partial charge in [-0.3, -0.25) is 9.00 Å². The minimum Gasteiger partial charge on any atom is -0.465 e. The largest absolute Gasteiger partial charge is 0.465 e. The van der Waals surface area contributed by atoms with Gasteiger partial charge in [-0.1, -0.05) is 24.3 Å². The van der Waals surface area contributed by atoms with E-state index in [2.05, 4.69) is 4.84 Å². The molecule has 1 atom stereocenters. The number of halogens is 1. The number of ether oxygens (including phenoxy) is 1. The standard InChI is InChI=1S/C24H24FNO6S/c1-16-20(14-17-8-10-18(11-9-17)33(2)30)19-6-5-7-22(25)24(19)21(16)15-23(27)31-12-3-4-13-32-26(28)29/h5-11,14H,3-4,12-13,15H2,1-2H3. The fraction of sp³-hybridized carbons (Fsp3) is 0.292. The highest BCUT2D eigenvalue weighted by atomic mass is 32.2. The first kappa shape index (κ1) is 24.3. The third-order valence-corrected chi connectivity index (χ3v) is 6.24. The number of carbonyl (C=O) groups excluding carboxylic acids is 1. The van der Waals surface area contributed by atoms with Crippen molar-refractivity contribution >= 4 is 34.0 Å². The Morgan fingerprint density at radius 2 is 1.85 bits per heavy atom. The predicted octanol–water partition coefficient (Wildman–Crippen LogP) is 4.81. The minimum atomic E-state index is -1.08. The Labute approximate surface area is 193 Å². The van der Waals surface area contributed by atoms with Crippen molar-refractivity contribution < 1.29 is 28.1 Å². The number of rotatable bonds is 10. The van der Waals surface area contributed by atoms with Crippen molar-refractivity contribution in [1.82, 2.24) is 0 Å². The van der Waals surface area contributed by atoms with Crippen LogP contribution < -0.4 is 0 Å². The molecule has 0 heterocycles. The molecule has 1 aliphatic rings. The van der Waals surface area contributed by atoms with Crippen molar-refractivity contribution in [3.63, 3.8) is 0 Å². The number of esters is 1. The van der Waals surface area contributed by atoms with Crippen LogP contribution in [0.25, 0.3) is 17.2 Å². The van der Waals surface area contributed by atoms with E-state index < -0.39 is 27.7 Å². The summed E-state index contributed by atoms with van der Waals surface area (Å²) in [5, 5.41) is 9.26. The van der Waals surface area contributed by atoms with Crippen LogP contribution >= 0.6 is 0 Å². The van der Waals surface area contributed by atoms with Crippen LogP contribution in [-0.4, -0.2) is 34.7 Å². The molecule has 2 aromatic rings. The van der Waals surface area contributed by atoms with Gasteiger partial charge in [0.2, 0.25) is 0 Å². The zero-order valence-corrected chi connectivity index (χ0v) is 19.2. The molecule has 0 bridgehead atoms. The quantitative estimate of drug-likeness (QED) is 0.213. The molecule has 9 heteroatoms. The molecule has 0 saturated heterocycles. The third-order valence-electron chi connectivity index (χ3n) is 5.30. The summed E-state index contributed by atoms with van der Waals surface area (Å²) in [5.74, 6) is -0.906. The number of carbonyl (C=O) groups is 1. The molecule has 0 saturated carbocycles. The molecule has 0 amide bonds. The number of unbranched alkanes of at least 4 members (excludes halogenated alkanes) is 1. The van der Waals surface area contributed by atoms with Crippen molar-refractivity contribution in [3.05, 3.63) is 80.7 Å². The number of fused-ring (bicyclic) bond motifs is 1. The number of allylic oxidation sites excluding steroid dienone is 2. The van der Waals surface area contributed by atoms with E-state index in [9.17, 15) is 23.5 Å². The van der Waals surface area contributed by atoms with Gasteiger partial charge in [0, 0.05) is 27.5 Å². The van der Waals surface area contributed by atoms with Crippen LogP contribution in [0.5, 0.6) is 0 Å². The van der Waals surface area contributed by atoms with E-state index in [1.807, 2.05) is 31.2 Å². The van der Waals surface area contributed by atoms with Gasteiger partial charge in [0.1, 0.15) is 5.82 Å². The van der Waals surface area contributed by atoms with E-state index >= 15 is 0 Å². The summed E-state index contributed by atoms with van der Waals surface area (Å²) in [7, 11) is -1.08. The van der Waals surface area contributed by atoms with Crippen LogP contribution in [0.2, 0.25) is 0 Å². The van der Waals surface area contributed by atoms with Gasteiger partial charge in [-0.2, -0.15) is 0 Å². The van der Waals surface area contributed by atoms with Crippen molar-refractivity contribution in [2.24, 2.45) is 0 Å². The van der Waals surface area contributed by atoms with Crippen molar-refractivity contribution in [3.8, 4) is 0 Å². The Morgan fingerprint density at radius 1 is 1.15 bits per heavy atom. The second-order valence-electron chi connectivity index (χ2n) is 7.51. The highest BCUT2D eigenvalue weighted by Crippen LogP contribution is 2.44. The van der Waals surface area contributed by atoms with Gasteiger partial charge in [-0.15, -0.1) is 10.1 Å². The van der Waals surface area contributed by atoms with E-state index in [1.165, 1.54) is 6.07 Å². The van der Waals surface area contributed by atoms with Gasteiger partial charge >= 0.3 is 5.97 Å². The Bertz CT molecular complexity index is 1140. The molecule has 0 radical (unpaired) electrons. The van der Waals surface area contributed by atoms with Gasteiger partial charge in [-0.05, 0) is 71.9 Å². The van der Waals surface area contributed by atoms with Crippen LogP contribution in [0.1, 0.15) is 42.9 Å². The molecule has 1 aliphatic carbocycles. The second kappa shape index (κ2) is 11.0. The van der Waals surface area contributed by atoms with E-state index in [0.717, 1.165) is 21.6 Å². The van der Waals surface area contributed by atoms with Gasteiger partial charge in [0.15, 0.2) is 0 Å². The molecule has 7 nitrogen and oxygen atoms in total. The normalized spacial score (nSPS) is 14.8. The zero-order valence-electron chi connectivity index (χ0n) is 18.3. The zero-order chi connectivity index (χ0) is 24.0. The van der Waals surface area contributed by atoms with Crippen LogP contribution in [-0.2, 0) is 25.2 Å². The van der Waals surface area contributed by atoms with E-state index in [1.54, 1.807) is 24.5 Å². The first-order valence-electron chi connectivity index (χ1n) is 10.4. The number of benzene rings is 2. The molecule has 33 heavy (non-hydrogen) atoms. The Hall–Kier alpha value is -3.33. The monoisotopic (exact) mass is 473 g/mol. The molecule has 174 valence electrons. The summed E-state index contributed by atoms with van der Waals surface area (Å²) in [5.41, 5.74) is 4.14. The molecule has 0 aromatic heterocycles. The maximum absolute atomic E-state index is 14.8. The smallest absolute Gasteiger partial charge is 0.310 e. The fourth-order valence-electron chi connectivity index (χ4n) is 3.66. The lowest BCUT2D eigenvalue weighted by atomic mass is 10.0. The summed E-state index contributed by atoms with van der Waals surface area (Å²) in [6.07, 6.45) is 4.25. The minimum absolute atomic E-state index is 0.0588. The lowest BCUT2D eigenvalue weighted by Gasteiger charge is -2.08. The SMILES string of the molecule is CC1=C(CC(=O)OCCCCO[N+](=O)[O-])c2c(F)cccc2C1=Cc1ccc(S(C)=O)cc1. The van der Waals surface area contributed by atoms with Gasteiger partial charge in [-0.25, -0.2) is 4.39 Å². The van der Waals surface area contributed by atoms with E-state index in [-0.39, 0.29) is 19.6 Å². The summed E-state index contributed by atoms with van der Waals surface area (Å²) in [6, 6.07) is 12.1. The second-order valence-corrected chi connectivity index (χ2v) is 8.89. The molecule has 0 aliphatic heterocycles. The highest BCUT2D eigenvalue weighted by molar-refractivity contribution is 7.84. The van der Waals surface area contributed by atoms with Crippen molar-refractivity contribution in [2.75, 3.05) is 19.5 Å². The van der Waals surface area contributed by atoms with Crippen LogP contribution in [0.15, 0.2) is 52.9 Å². The topological polar surface area (TPSA) is 95.7 Å². The molecule has 0 fully saturated rings. The molecule has 0 N–H and O–H groups in total. The first-order chi connectivity index (χ1) is 15.8. The van der Waals surface area contributed by atoms with E-state index in [0.29, 0.717) is 29.5 Å². The Balaban J connectivity index is 1.77. The first-order valence-corrected chi connectivity index (χ1v) is 11.9. The number of hydrogen-bond donors (Lipinski definition) is 0. The lowest BCUT2D eigenvalue weighted by molar-refractivity contribution is -0.757. The predicted molar refractivity (Wildman–Crippen MR) is 123 cm³/mol. The van der Waals surface area contributed by atoms with Crippen LogP contribution in [0.3, 0.4) is 0 Å². The fourth-order valence-corrected chi connectivity index (χ4v) is 4.18. The summed E-state index contributed by atoms with van der Waals surface area (Å²) in [4.78, 5) is 27.5. The third kappa shape index (κ3) is 6.13. The average molecular weight is 474 g/mol. The van der Waals surface area contributed by atoms with Gasteiger partial charge in [0.05, 0.1) is 19.6 Å². The van der Waals surface area contributed by atoms with Gasteiger partial charge < -0.3 is 9.57 Å². The molecule has 3 rings (SSSR count). The Morgan fingerprint density at radius 3 is 2.52 bits per heavy atom. The molecular formula is C24H24FNO6S. The van der Waals surface area contributed by atoms with E-state index in [4.69, 9.17) is 4.74 Å². The maximum atomic E-state index is 14.8. The average Bonchev–Trinajstić information content (AvgIpc) is 3.03. The number of hydrogen-bond acceptors (Lipinski definition) is 6. The van der Waals surface area contributed by atoms with Crippen LogP contribution in [0.4, 0.5) is 4.39 Å². The molecule has 1 unspecified atom stereocenters. The summed E-state index contributed by atoms with van der Waals surface area (Å²) in [6.45, 7) is 1.89. The molecule has 0 spiro atoms. The summed E-state index contributed by atoms with van der Waals surface area (Å²) >= 11 is 0.